The summed E-state index contributed by atoms with van der Waals surface area (Å²) < 4.78 is 30.9. The number of hydrogen-bond donors (Lipinski definition) is 3. The molecule has 2 aromatic carbocycles. The smallest absolute Gasteiger partial charge is 0.341 e. The van der Waals surface area contributed by atoms with E-state index in [2.05, 4.69) is 14.8 Å². The number of phenols is 1. The van der Waals surface area contributed by atoms with Crippen molar-refractivity contribution >= 4 is 27.6 Å². The van der Waals surface area contributed by atoms with Crippen LogP contribution in [0.2, 0.25) is 0 Å². The van der Waals surface area contributed by atoms with E-state index in [0.29, 0.717) is 0 Å². The van der Waals surface area contributed by atoms with Gasteiger partial charge in [0.1, 0.15) is 5.56 Å². The number of carbonyl (C=O) groups is 2. The number of phenolic OH excluding ortho intramolecular Hbond substituents is 1. The molecule has 0 atom stereocenters. The lowest BCUT2D eigenvalue weighted by Gasteiger charge is -2.10. The van der Waals surface area contributed by atoms with Gasteiger partial charge in [0.2, 0.25) is 10.0 Å². The van der Waals surface area contributed by atoms with E-state index in [1.54, 1.807) is 0 Å². The van der Waals surface area contributed by atoms with Crippen LogP contribution >= 0.6 is 0 Å². The molecule has 10 heteroatoms. The number of anilines is 1. The lowest BCUT2D eigenvalue weighted by Crippen LogP contribution is -2.24. The van der Waals surface area contributed by atoms with Crippen molar-refractivity contribution in [2.24, 2.45) is 0 Å². The maximum absolute atomic E-state index is 12.3. The van der Waals surface area contributed by atoms with Crippen molar-refractivity contribution in [1.82, 2.24) is 4.72 Å². The number of aromatic hydroxyl groups is 1. The number of nitrogens with zero attached hydrogens (tertiary/aromatic N) is 1. The Morgan fingerprint density at radius 2 is 1.86 bits per heavy atom. The lowest BCUT2D eigenvalue weighted by molar-refractivity contribution is 0.0597. The van der Waals surface area contributed by atoms with Crippen LogP contribution in [0.5, 0.6) is 5.75 Å². The van der Waals surface area contributed by atoms with Gasteiger partial charge in [-0.2, -0.15) is 5.26 Å². The monoisotopic (exact) mass is 403 g/mol. The molecule has 0 aliphatic carbocycles. The van der Waals surface area contributed by atoms with Crippen molar-refractivity contribution in [2.75, 3.05) is 19.0 Å². The summed E-state index contributed by atoms with van der Waals surface area (Å²) in [6.45, 7) is -0.0170. The SMILES string of the molecule is COC(=O)c1cccc(NC(=O)c2ccc(S(=O)(=O)NCCC#N)cc2)c1O. The van der Waals surface area contributed by atoms with Crippen LogP contribution in [-0.2, 0) is 14.8 Å². The molecule has 1 amide bonds. The second-order valence-electron chi connectivity index (χ2n) is 5.48. The van der Waals surface area contributed by atoms with Crippen LogP contribution in [0.3, 0.4) is 0 Å². The third kappa shape index (κ3) is 4.85. The molecule has 28 heavy (non-hydrogen) atoms. The van der Waals surface area contributed by atoms with Crippen LogP contribution in [0, 0.1) is 11.3 Å². The summed E-state index contributed by atoms with van der Waals surface area (Å²) in [6, 6.07) is 11.1. The summed E-state index contributed by atoms with van der Waals surface area (Å²) in [5.74, 6) is -1.81. The minimum Gasteiger partial charge on any atom is -0.505 e. The lowest BCUT2D eigenvalue weighted by atomic mass is 10.1. The summed E-state index contributed by atoms with van der Waals surface area (Å²) in [7, 11) is -2.62. The van der Waals surface area contributed by atoms with Crippen LogP contribution in [0.4, 0.5) is 5.69 Å². The summed E-state index contributed by atoms with van der Waals surface area (Å²) in [5.41, 5.74) is 0.0341. The van der Waals surface area contributed by atoms with E-state index in [9.17, 15) is 23.1 Å². The molecule has 0 aliphatic rings. The first-order valence-electron chi connectivity index (χ1n) is 7.98. The van der Waals surface area contributed by atoms with Crippen molar-refractivity contribution < 1.29 is 27.9 Å². The molecule has 3 N–H and O–H groups in total. The zero-order chi connectivity index (χ0) is 20.7. The number of ether oxygens (including phenoxy) is 1. The number of sulfonamides is 1. The maximum Gasteiger partial charge on any atom is 0.341 e. The zero-order valence-corrected chi connectivity index (χ0v) is 15.6. The van der Waals surface area contributed by atoms with Crippen LogP contribution in [0.1, 0.15) is 27.1 Å². The first kappa shape index (κ1) is 20.9. The first-order chi connectivity index (χ1) is 13.3. The highest BCUT2D eigenvalue weighted by Crippen LogP contribution is 2.28. The number of para-hydroxylation sites is 1. The van der Waals surface area contributed by atoms with Crippen molar-refractivity contribution in [1.29, 1.82) is 5.26 Å². The molecule has 0 unspecified atom stereocenters. The number of methoxy groups -OCH3 is 1. The minimum atomic E-state index is -3.78. The minimum absolute atomic E-state index is 0.00256. The van der Waals surface area contributed by atoms with Crippen LogP contribution in [0.25, 0.3) is 0 Å². The van der Waals surface area contributed by atoms with Crippen LogP contribution in [-0.4, -0.2) is 39.1 Å². The number of carbonyl (C=O) groups excluding carboxylic acids is 2. The zero-order valence-electron chi connectivity index (χ0n) is 14.8. The average Bonchev–Trinajstić information content (AvgIpc) is 2.69. The molecular formula is C18H17N3O6S. The van der Waals surface area contributed by atoms with Gasteiger partial charge in [-0.25, -0.2) is 17.9 Å². The van der Waals surface area contributed by atoms with Gasteiger partial charge in [-0.05, 0) is 36.4 Å². The third-order valence-electron chi connectivity index (χ3n) is 3.65. The van der Waals surface area contributed by atoms with Gasteiger partial charge in [0, 0.05) is 18.5 Å². The fraction of sp³-hybridized carbons (Fsp3) is 0.167. The van der Waals surface area contributed by atoms with E-state index in [1.165, 1.54) is 42.5 Å². The van der Waals surface area contributed by atoms with Gasteiger partial charge in [0.25, 0.3) is 5.91 Å². The number of esters is 1. The molecule has 0 spiro atoms. The second kappa shape index (κ2) is 8.98. The first-order valence-corrected chi connectivity index (χ1v) is 9.47. The molecule has 2 rings (SSSR count). The maximum atomic E-state index is 12.3. The molecule has 0 saturated heterocycles. The standard InChI is InChI=1S/C18H17N3O6S/c1-27-18(24)14-4-2-5-15(16(14)22)21-17(23)12-6-8-13(9-7-12)28(25,26)20-11-3-10-19/h2,4-9,20,22H,3,11H2,1H3,(H,21,23). The summed E-state index contributed by atoms with van der Waals surface area (Å²) in [6.07, 6.45) is 0.0356. The number of nitrogens with one attached hydrogen (secondary N) is 2. The largest absolute Gasteiger partial charge is 0.505 e. The number of benzene rings is 2. The van der Waals surface area contributed by atoms with Crippen molar-refractivity contribution in [3.05, 3.63) is 53.6 Å². The van der Waals surface area contributed by atoms with Gasteiger partial charge in [-0.15, -0.1) is 0 Å². The molecule has 0 aliphatic heterocycles. The van der Waals surface area contributed by atoms with E-state index in [0.717, 1.165) is 7.11 Å². The Balaban J connectivity index is 2.16. The van der Waals surface area contributed by atoms with E-state index >= 15 is 0 Å². The van der Waals surface area contributed by atoms with E-state index in [1.807, 2.05) is 6.07 Å². The Kier molecular flexibility index (Phi) is 6.70. The van der Waals surface area contributed by atoms with Gasteiger partial charge in [0.15, 0.2) is 5.75 Å². The Morgan fingerprint density at radius 3 is 2.46 bits per heavy atom. The second-order valence-corrected chi connectivity index (χ2v) is 7.24. The molecular weight excluding hydrogens is 386 g/mol. The molecule has 9 nitrogen and oxygen atoms in total. The molecule has 146 valence electrons. The van der Waals surface area contributed by atoms with Gasteiger partial charge in [-0.3, -0.25) is 4.79 Å². The highest BCUT2D eigenvalue weighted by molar-refractivity contribution is 7.89. The van der Waals surface area contributed by atoms with E-state index < -0.39 is 27.6 Å². The molecule has 0 saturated carbocycles. The molecule has 2 aromatic rings. The summed E-state index contributed by atoms with van der Waals surface area (Å²) >= 11 is 0. The van der Waals surface area contributed by atoms with Crippen LogP contribution in [0.15, 0.2) is 47.4 Å². The molecule has 0 heterocycles. The molecule has 0 fully saturated rings. The predicted molar refractivity (Wildman–Crippen MR) is 99.3 cm³/mol. The van der Waals surface area contributed by atoms with Gasteiger partial charge in [-0.1, -0.05) is 6.07 Å². The topological polar surface area (TPSA) is 146 Å². The van der Waals surface area contributed by atoms with Crippen molar-refractivity contribution in [3.8, 4) is 11.8 Å². The van der Waals surface area contributed by atoms with E-state index in [4.69, 9.17) is 5.26 Å². The fourth-order valence-corrected chi connectivity index (χ4v) is 3.26. The molecule has 0 bridgehead atoms. The number of rotatable bonds is 7. The Morgan fingerprint density at radius 1 is 1.18 bits per heavy atom. The number of amides is 1. The molecule has 0 aromatic heterocycles. The fourth-order valence-electron chi connectivity index (χ4n) is 2.22. The van der Waals surface area contributed by atoms with Crippen molar-refractivity contribution in [3.63, 3.8) is 0 Å². The normalized spacial score (nSPS) is 10.7. The average molecular weight is 403 g/mol. The van der Waals surface area contributed by atoms with Gasteiger partial charge < -0.3 is 15.2 Å². The molecule has 0 radical (unpaired) electrons. The van der Waals surface area contributed by atoms with E-state index in [-0.39, 0.29) is 34.7 Å². The predicted octanol–water partition coefficient (Wildman–Crippen LogP) is 1.62. The third-order valence-corrected chi connectivity index (χ3v) is 5.12. The number of nitriles is 1. The highest BCUT2D eigenvalue weighted by Gasteiger charge is 2.18. The Hall–Kier alpha value is -3.42. The number of hydrogen-bond acceptors (Lipinski definition) is 7. The Labute approximate surface area is 161 Å². The summed E-state index contributed by atoms with van der Waals surface area (Å²) in [4.78, 5) is 23.9. The van der Waals surface area contributed by atoms with Crippen molar-refractivity contribution in [2.45, 2.75) is 11.3 Å². The quantitative estimate of drug-likeness (QED) is 0.362. The van der Waals surface area contributed by atoms with Gasteiger partial charge in [0.05, 0.1) is 23.8 Å². The summed E-state index contributed by atoms with van der Waals surface area (Å²) in [5, 5.41) is 21.0. The van der Waals surface area contributed by atoms with Crippen LogP contribution < -0.4 is 10.0 Å². The Bertz CT molecular complexity index is 1030. The van der Waals surface area contributed by atoms with Gasteiger partial charge >= 0.3 is 5.97 Å². The highest BCUT2D eigenvalue weighted by atomic mass is 32.2.